The molecule has 2 aliphatic carbocycles. The third kappa shape index (κ3) is 1.15. The van der Waals surface area contributed by atoms with Crippen molar-refractivity contribution in [3.05, 3.63) is 0 Å². The predicted octanol–water partition coefficient (Wildman–Crippen LogP) is 1.52. The van der Waals surface area contributed by atoms with E-state index in [2.05, 4.69) is 13.8 Å². The zero-order valence-corrected chi connectivity index (χ0v) is 8.71. The monoisotopic (exact) mass is 183 g/mol. The van der Waals surface area contributed by atoms with Gasteiger partial charge in [0.05, 0.1) is 5.60 Å². The summed E-state index contributed by atoms with van der Waals surface area (Å²) in [4.78, 5) is 0. The summed E-state index contributed by atoms with van der Waals surface area (Å²) in [6.45, 7) is 4.93. The van der Waals surface area contributed by atoms with Crippen LogP contribution >= 0.6 is 0 Å². The van der Waals surface area contributed by atoms with Crippen molar-refractivity contribution in [2.45, 2.75) is 45.1 Å². The van der Waals surface area contributed by atoms with E-state index in [0.29, 0.717) is 18.4 Å². The lowest BCUT2D eigenvalue weighted by atomic mass is 9.72. The van der Waals surface area contributed by atoms with Gasteiger partial charge < -0.3 is 10.8 Å². The molecule has 2 aliphatic rings. The number of aliphatic hydroxyl groups is 1. The summed E-state index contributed by atoms with van der Waals surface area (Å²) in [6.07, 6.45) is 4.68. The van der Waals surface area contributed by atoms with Gasteiger partial charge >= 0.3 is 0 Å². The van der Waals surface area contributed by atoms with Crippen molar-refractivity contribution in [3.63, 3.8) is 0 Å². The minimum Gasteiger partial charge on any atom is -0.389 e. The smallest absolute Gasteiger partial charge is 0.0766 e. The first kappa shape index (κ1) is 9.47. The normalized spacial score (nSPS) is 30.2. The van der Waals surface area contributed by atoms with Gasteiger partial charge in [0.25, 0.3) is 0 Å². The Morgan fingerprint density at radius 2 is 2.00 bits per heavy atom. The second-order valence-corrected chi connectivity index (χ2v) is 5.24. The molecule has 0 spiro atoms. The van der Waals surface area contributed by atoms with Crippen LogP contribution in [0.2, 0.25) is 0 Å². The average Bonchev–Trinajstić information content (AvgIpc) is 2.96. The molecule has 0 saturated heterocycles. The highest BCUT2D eigenvalue weighted by Crippen LogP contribution is 2.63. The topological polar surface area (TPSA) is 46.2 Å². The summed E-state index contributed by atoms with van der Waals surface area (Å²) in [6, 6.07) is 0. The molecule has 2 saturated carbocycles. The molecule has 0 bridgehead atoms. The van der Waals surface area contributed by atoms with Crippen LogP contribution in [0, 0.1) is 17.3 Å². The molecule has 76 valence electrons. The minimum absolute atomic E-state index is 0.0856. The van der Waals surface area contributed by atoms with E-state index in [0.717, 1.165) is 12.8 Å². The Morgan fingerprint density at radius 1 is 1.46 bits per heavy atom. The van der Waals surface area contributed by atoms with Gasteiger partial charge in [-0.05, 0) is 37.5 Å². The number of hydrogen-bond acceptors (Lipinski definition) is 2. The molecule has 0 aromatic rings. The first-order chi connectivity index (χ1) is 6.07. The lowest BCUT2D eigenvalue weighted by Gasteiger charge is -2.40. The van der Waals surface area contributed by atoms with Crippen molar-refractivity contribution in [2.75, 3.05) is 6.54 Å². The van der Waals surface area contributed by atoms with Crippen LogP contribution < -0.4 is 5.73 Å². The molecular formula is C11H21NO. The highest BCUT2D eigenvalue weighted by atomic mass is 16.3. The Balaban J connectivity index is 2.22. The number of rotatable bonds is 4. The summed E-state index contributed by atoms with van der Waals surface area (Å²) in [5.41, 5.74) is 5.43. The maximum atomic E-state index is 10.7. The van der Waals surface area contributed by atoms with Crippen molar-refractivity contribution < 1.29 is 5.11 Å². The van der Waals surface area contributed by atoms with Gasteiger partial charge in [-0.3, -0.25) is 0 Å². The quantitative estimate of drug-likeness (QED) is 0.694. The summed E-state index contributed by atoms with van der Waals surface area (Å²) < 4.78 is 0. The van der Waals surface area contributed by atoms with Crippen LogP contribution in [0.3, 0.4) is 0 Å². The minimum atomic E-state index is -0.457. The maximum Gasteiger partial charge on any atom is 0.0766 e. The molecule has 13 heavy (non-hydrogen) atoms. The van der Waals surface area contributed by atoms with Crippen LogP contribution in [0.5, 0.6) is 0 Å². The largest absolute Gasteiger partial charge is 0.389 e. The molecule has 0 aromatic heterocycles. The molecule has 1 unspecified atom stereocenters. The summed E-state index contributed by atoms with van der Waals surface area (Å²) in [5.74, 6) is 0.893. The fourth-order valence-corrected chi connectivity index (χ4v) is 2.96. The third-order valence-corrected chi connectivity index (χ3v) is 4.17. The summed E-state index contributed by atoms with van der Waals surface area (Å²) in [7, 11) is 0. The van der Waals surface area contributed by atoms with Gasteiger partial charge in [-0.2, -0.15) is 0 Å². The second-order valence-electron chi connectivity index (χ2n) is 5.24. The Hall–Kier alpha value is -0.0800. The highest BCUT2D eigenvalue weighted by Gasteiger charge is 2.64. The van der Waals surface area contributed by atoms with Gasteiger partial charge in [0, 0.05) is 12.0 Å². The zero-order chi connectivity index (χ0) is 9.69. The SMILES string of the molecule is CC(C)C(O)(C1CC1)C1(CN)CC1. The molecule has 3 N–H and O–H groups in total. The van der Waals surface area contributed by atoms with Crippen molar-refractivity contribution >= 4 is 0 Å². The fraction of sp³-hybridized carbons (Fsp3) is 1.00. The molecule has 2 nitrogen and oxygen atoms in total. The van der Waals surface area contributed by atoms with Crippen molar-refractivity contribution in [1.29, 1.82) is 0 Å². The standard InChI is InChI=1S/C11H21NO/c1-8(2)11(13,9-3-4-9)10(7-12)5-6-10/h8-9,13H,3-7,12H2,1-2H3. The molecule has 2 fully saturated rings. The lowest BCUT2D eigenvalue weighted by molar-refractivity contribution is -0.0879. The van der Waals surface area contributed by atoms with Crippen LogP contribution in [0.4, 0.5) is 0 Å². The van der Waals surface area contributed by atoms with E-state index in [-0.39, 0.29) is 5.41 Å². The van der Waals surface area contributed by atoms with Crippen LogP contribution in [0.15, 0.2) is 0 Å². The van der Waals surface area contributed by atoms with E-state index in [4.69, 9.17) is 5.73 Å². The first-order valence-corrected chi connectivity index (χ1v) is 5.49. The molecule has 0 heterocycles. The first-order valence-electron chi connectivity index (χ1n) is 5.49. The van der Waals surface area contributed by atoms with Crippen molar-refractivity contribution in [3.8, 4) is 0 Å². The Labute approximate surface area is 80.5 Å². The van der Waals surface area contributed by atoms with E-state index >= 15 is 0 Å². The molecule has 1 atom stereocenters. The maximum absolute atomic E-state index is 10.7. The lowest BCUT2D eigenvalue weighted by Crippen LogP contribution is -2.50. The summed E-state index contributed by atoms with van der Waals surface area (Å²) >= 11 is 0. The van der Waals surface area contributed by atoms with Gasteiger partial charge in [0.15, 0.2) is 0 Å². The van der Waals surface area contributed by atoms with E-state index < -0.39 is 5.60 Å². The van der Waals surface area contributed by atoms with E-state index in [1.165, 1.54) is 12.8 Å². The fourth-order valence-electron chi connectivity index (χ4n) is 2.96. The molecule has 2 rings (SSSR count). The molecule has 2 heteroatoms. The van der Waals surface area contributed by atoms with Gasteiger partial charge in [-0.25, -0.2) is 0 Å². The van der Waals surface area contributed by atoms with Crippen LogP contribution in [0.1, 0.15) is 39.5 Å². The molecule has 0 aliphatic heterocycles. The van der Waals surface area contributed by atoms with Crippen molar-refractivity contribution in [1.82, 2.24) is 0 Å². The zero-order valence-electron chi connectivity index (χ0n) is 8.71. The molecule has 0 radical (unpaired) electrons. The predicted molar refractivity (Wildman–Crippen MR) is 53.2 cm³/mol. The van der Waals surface area contributed by atoms with Crippen LogP contribution in [-0.4, -0.2) is 17.3 Å². The van der Waals surface area contributed by atoms with Gasteiger partial charge in [0.2, 0.25) is 0 Å². The van der Waals surface area contributed by atoms with E-state index in [9.17, 15) is 5.11 Å². The Kier molecular flexibility index (Phi) is 1.97. The van der Waals surface area contributed by atoms with Gasteiger partial charge in [-0.1, -0.05) is 13.8 Å². The number of hydrogen-bond donors (Lipinski definition) is 2. The van der Waals surface area contributed by atoms with Gasteiger partial charge in [0.1, 0.15) is 0 Å². The Morgan fingerprint density at radius 3 is 2.23 bits per heavy atom. The van der Waals surface area contributed by atoms with Crippen LogP contribution in [0.25, 0.3) is 0 Å². The molecular weight excluding hydrogens is 162 g/mol. The highest BCUT2D eigenvalue weighted by molar-refractivity contribution is 5.15. The number of nitrogens with two attached hydrogens (primary N) is 1. The second kappa shape index (κ2) is 2.71. The Bertz CT molecular complexity index is 202. The molecule has 0 aromatic carbocycles. The third-order valence-electron chi connectivity index (χ3n) is 4.17. The van der Waals surface area contributed by atoms with Gasteiger partial charge in [-0.15, -0.1) is 0 Å². The summed E-state index contributed by atoms with van der Waals surface area (Å²) in [5, 5.41) is 10.7. The van der Waals surface area contributed by atoms with E-state index in [1.807, 2.05) is 0 Å². The van der Waals surface area contributed by atoms with Crippen molar-refractivity contribution in [2.24, 2.45) is 23.0 Å². The van der Waals surface area contributed by atoms with Crippen LogP contribution in [-0.2, 0) is 0 Å². The van der Waals surface area contributed by atoms with E-state index in [1.54, 1.807) is 0 Å². The average molecular weight is 183 g/mol. The molecule has 0 amide bonds.